The number of carbonyl (C=O) groups is 2. The number of methoxy groups -OCH3 is 1. The molecular weight excluding hydrogens is 340 g/mol. The van der Waals surface area contributed by atoms with Gasteiger partial charge < -0.3 is 9.47 Å². The number of ether oxygens (including phenoxy) is 2. The Labute approximate surface area is 148 Å². The highest BCUT2D eigenvalue weighted by atomic mass is 32.1. The molecular formula is C18H17N2O4S+. The summed E-state index contributed by atoms with van der Waals surface area (Å²) in [4.78, 5) is 30.2. The highest BCUT2D eigenvalue weighted by molar-refractivity contribution is 7.17. The van der Waals surface area contributed by atoms with Gasteiger partial charge in [0.1, 0.15) is 16.3 Å². The summed E-state index contributed by atoms with van der Waals surface area (Å²) in [7, 11) is 1.65. The number of fused-ring (bicyclic) bond motifs is 5. The van der Waals surface area contributed by atoms with E-state index in [-0.39, 0.29) is 18.3 Å². The minimum absolute atomic E-state index is 0.0768. The van der Waals surface area contributed by atoms with Gasteiger partial charge in [0.25, 0.3) is 0 Å². The predicted octanol–water partition coefficient (Wildman–Crippen LogP) is 1.83. The van der Waals surface area contributed by atoms with Gasteiger partial charge in [0.2, 0.25) is 0 Å². The first-order chi connectivity index (χ1) is 12.1. The number of benzene rings is 1. The first kappa shape index (κ1) is 16.0. The van der Waals surface area contributed by atoms with Crippen LogP contribution in [-0.2, 0) is 22.4 Å². The Morgan fingerprint density at radius 1 is 1.32 bits per heavy atom. The number of amidine groups is 1. The number of aliphatic imine (C=N–C) groups is 1. The molecule has 1 aromatic carbocycles. The Hall–Kier alpha value is -2.51. The molecule has 128 valence electrons. The van der Waals surface area contributed by atoms with Crippen LogP contribution in [0.1, 0.15) is 27.7 Å². The lowest BCUT2D eigenvalue weighted by atomic mass is 9.87. The van der Waals surface area contributed by atoms with E-state index in [0.717, 1.165) is 34.6 Å². The lowest BCUT2D eigenvalue weighted by molar-refractivity contribution is -0.430. The molecule has 0 spiro atoms. The third kappa shape index (κ3) is 2.56. The third-order valence-corrected chi connectivity index (χ3v) is 5.53. The minimum Gasteiger partial charge on any atom is -0.497 e. The van der Waals surface area contributed by atoms with Gasteiger partial charge in [-0.25, -0.2) is 14.9 Å². The summed E-state index contributed by atoms with van der Waals surface area (Å²) < 4.78 is 10.3. The predicted molar refractivity (Wildman–Crippen MR) is 93.7 cm³/mol. The molecule has 4 rings (SSSR count). The Morgan fingerprint density at radius 3 is 2.92 bits per heavy atom. The monoisotopic (exact) mass is 357 g/mol. The van der Waals surface area contributed by atoms with Crippen molar-refractivity contribution in [2.24, 2.45) is 4.99 Å². The molecule has 0 fully saturated rings. The van der Waals surface area contributed by atoms with Gasteiger partial charge in [0.05, 0.1) is 13.7 Å². The largest absolute Gasteiger partial charge is 0.497 e. The molecule has 2 aromatic rings. The summed E-state index contributed by atoms with van der Waals surface area (Å²) in [6, 6.07) is 5.92. The van der Waals surface area contributed by atoms with Gasteiger partial charge >= 0.3 is 17.7 Å². The number of amides is 1. The molecule has 25 heavy (non-hydrogen) atoms. The topological polar surface area (TPSA) is 81.6 Å². The van der Waals surface area contributed by atoms with Gasteiger partial charge in [0, 0.05) is 10.4 Å². The molecule has 0 radical (unpaired) electrons. The second-order valence-corrected chi connectivity index (χ2v) is 6.91. The van der Waals surface area contributed by atoms with Crippen LogP contribution in [0.3, 0.4) is 0 Å². The van der Waals surface area contributed by atoms with Crippen molar-refractivity contribution in [3.05, 3.63) is 34.2 Å². The number of esters is 1. The van der Waals surface area contributed by atoms with Crippen molar-refractivity contribution < 1.29 is 24.4 Å². The van der Waals surface area contributed by atoms with Crippen molar-refractivity contribution >= 4 is 34.0 Å². The number of carbonyl (C=O) groups excluding carboxylic acids is 2. The number of quaternary nitrogens is 1. The maximum atomic E-state index is 12.7. The Morgan fingerprint density at radius 2 is 2.16 bits per heavy atom. The zero-order chi connectivity index (χ0) is 17.6. The molecule has 0 saturated carbocycles. The average molecular weight is 357 g/mol. The van der Waals surface area contributed by atoms with E-state index in [1.54, 1.807) is 14.0 Å². The molecule has 1 amide bonds. The second kappa shape index (κ2) is 6.09. The SMILES string of the molecule is CCOC(=O)C1=Nc2sc3c(c2C(=O)[NH2+]1)-c1ccc(OC)cc1CC3. The average Bonchev–Trinajstić information content (AvgIpc) is 3.00. The number of rotatable bonds is 3. The molecule has 0 atom stereocenters. The molecule has 7 heteroatoms. The number of nitrogens with zero attached hydrogens (tertiary/aromatic N) is 1. The fourth-order valence-corrected chi connectivity index (χ4v) is 4.48. The van der Waals surface area contributed by atoms with Crippen LogP contribution in [0.4, 0.5) is 5.00 Å². The lowest BCUT2D eigenvalue weighted by Gasteiger charge is -2.18. The maximum Gasteiger partial charge on any atom is 0.414 e. The molecule has 0 saturated heterocycles. The van der Waals surface area contributed by atoms with Gasteiger partial charge in [-0.2, -0.15) is 4.99 Å². The summed E-state index contributed by atoms with van der Waals surface area (Å²) >= 11 is 1.49. The highest BCUT2D eigenvalue weighted by Crippen LogP contribution is 2.47. The van der Waals surface area contributed by atoms with Crippen molar-refractivity contribution in [2.75, 3.05) is 13.7 Å². The number of aryl methyl sites for hydroxylation is 2. The smallest absolute Gasteiger partial charge is 0.414 e. The van der Waals surface area contributed by atoms with Crippen molar-refractivity contribution in [2.45, 2.75) is 19.8 Å². The van der Waals surface area contributed by atoms with Gasteiger partial charge in [-0.05, 0) is 43.0 Å². The highest BCUT2D eigenvalue weighted by Gasteiger charge is 2.37. The summed E-state index contributed by atoms with van der Waals surface area (Å²) in [6.45, 7) is 1.98. The number of hydrogen-bond donors (Lipinski definition) is 1. The number of primary amides is 1. The molecule has 1 aliphatic carbocycles. The van der Waals surface area contributed by atoms with Crippen molar-refractivity contribution in [3.63, 3.8) is 0 Å². The zero-order valence-corrected chi connectivity index (χ0v) is 14.7. The maximum absolute atomic E-state index is 12.7. The molecule has 6 nitrogen and oxygen atoms in total. The van der Waals surface area contributed by atoms with Crippen molar-refractivity contribution in [1.82, 2.24) is 0 Å². The molecule has 0 bridgehead atoms. The molecule has 2 N–H and O–H groups in total. The van der Waals surface area contributed by atoms with E-state index in [4.69, 9.17) is 9.47 Å². The van der Waals surface area contributed by atoms with E-state index >= 15 is 0 Å². The Kier molecular flexibility index (Phi) is 3.89. The standard InChI is InChI=1S/C18H16N2O4S/c1-3-24-18(22)15-19-16(21)14-13-11-6-5-10(23-2)8-9(11)4-7-12(13)25-17(14)20-15/h5-6,8H,3-4,7H2,1-2H3,(H,19,20,21)/p+1. The van der Waals surface area contributed by atoms with Gasteiger partial charge in [-0.15, -0.1) is 11.3 Å². The number of thiophene rings is 1. The third-order valence-electron chi connectivity index (χ3n) is 4.39. The van der Waals surface area contributed by atoms with Crippen molar-refractivity contribution in [3.8, 4) is 16.9 Å². The van der Waals surface area contributed by atoms with Gasteiger partial charge in [0.15, 0.2) is 0 Å². The van der Waals surface area contributed by atoms with Crippen LogP contribution in [0.5, 0.6) is 5.75 Å². The summed E-state index contributed by atoms with van der Waals surface area (Å²) in [5, 5.41) is 1.88. The summed E-state index contributed by atoms with van der Waals surface area (Å²) in [5.74, 6) is 0.145. The van der Waals surface area contributed by atoms with E-state index in [9.17, 15) is 9.59 Å². The van der Waals surface area contributed by atoms with Crippen LogP contribution in [0.2, 0.25) is 0 Å². The van der Waals surface area contributed by atoms with Crippen LogP contribution in [0.15, 0.2) is 23.2 Å². The van der Waals surface area contributed by atoms with Gasteiger partial charge in [-0.1, -0.05) is 6.07 Å². The van der Waals surface area contributed by atoms with E-state index in [0.29, 0.717) is 10.6 Å². The summed E-state index contributed by atoms with van der Waals surface area (Å²) in [5.41, 5.74) is 3.77. The molecule has 1 aromatic heterocycles. The van der Waals surface area contributed by atoms with E-state index in [1.165, 1.54) is 22.2 Å². The van der Waals surface area contributed by atoms with E-state index in [2.05, 4.69) is 4.99 Å². The number of hydrogen-bond acceptors (Lipinski definition) is 6. The first-order valence-electron chi connectivity index (χ1n) is 8.10. The quantitative estimate of drug-likeness (QED) is 0.850. The molecule has 2 aliphatic rings. The van der Waals surface area contributed by atoms with Crippen LogP contribution < -0.4 is 10.1 Å². The zero-order valence-electron chi connectivity index (χ0n) is 13.9. The lowest BCUT2D eigenvalue weighted by Crippen LogP contribution is -2.94. The molecule has 0 unspecified atom stereocenters. The molecule has 2 heterocycles. The Bertz CT molecular complexity index is 929. The normalized spacial score (nSPS) is 15.0. The van der Waals surface area contributed by atoms with Crippen LogP contribution >= 0.6 is 11.3 Å². The minimum atomic E-state index is -0.557. The summed E-state index contributed by atoms with van der Waals surface area (Å²) in [6.07, 6.45) is 1.75. The Balaban J connectivity index is 1.84. The number of nitrogens with two attached hydrogens (primary N) is 1. The van der Waals surface area contributed by atoms with Gasteiger partial charge in [-0.3, -0.25) is 0 Å². The van der Waals surface area contributed by atoms with E-state index < -0.39 is 5.97 Å². The van der Waals surface area contributed by atoms with Crippen molar-refractivity contribution in [1.29, 1.82) is 0 Å². The first-order valence-corrected chi connectivity index (χ1v) is 8.91. The second-order valence-electron chi connectivity index (χ2n) is 5.83. The van der Waals surface area contributed by atoms with Crippen LogP contribution in [0.25, 0.3) is 11.1 Å². The van der Waals surface area contributed by atoms with Crippen LogP contribution in [-0.4, -0.2) is 31.4 Å². The molecule has 1 aliphatic heterocycles. The fourth-order valence-electron chi connectivity index (χ4n) is 3.28. The van der Waals surface area contributed by atoms with Crippen LogP contribution in [0, 0.1) is 0 Å². The fraction of sp³-hybridized carbons (Fsp3) is 0.278. The van der Waals surface area contributed by atoms with E-state index in [1.807, 2.05) is 18.2 Å².